The summed E-state index contributed by atoms with van der Waals surface area (Å²) in [5, 5.41) is 50.4. The maximum Gasteiger partial charge on any atom is 0.407 e. The molecule has 3 aromatic rings. The van der Waals surface area contributed by atoms with Crippen LogP contribution >= 0.6 is 11.6 Å². The van der Waals surface area contributed by atoms with E-state index in [0.29, 0.717) is 19.3 Å². The Bertz CT molecular complexity index is 3290. The molecule has 5 bridgehead atoms. The van der Waals surface area contributed by atoms with Crippen LogP contribution < -0.4 is 25.7 Å². The SMILES string of the molecule is CO[C@H]1/C=C/O[C@@]2(C)Oc3c(C)c(O)c4c(c3C2=O)C(=O)C(N2CCOCC2)=C(NC(=O)/C(C)=C\C=C\[C@H](C)[C@H](O)[C@@H](C)[C@@H](O)[C@@H](C)[C@H](OC(=O)NC2CCN(c3c(F)cc5c(=O)c(C(=O)O)cn(C6CC6)c5c3Cl)C2)[C@@H]1C)C4=O. The van der Waals surface area contributed by atoms with E-state index in [4.69, 9.17) is 35.3 Å². The Labute approximate surface area is 464 Å². The summed E-state index contributed by atoms with van der Waals surface area (Å²) in [7, 11) is 1.38. The summed E-state index contributed by atoms with van der Waals surface area (Å²) in [5.41, 5.74) is -3.01. The molecule has 80 heavy (non-hydrogen) atoms. The van der Waals surface area contributed by atoms with E-state index in [1.807, 2.05) is 0 Å². The molecule has 21 nitrogen and oxygen atoms in total. The zero-order valence-corrected chi connectivity index (χ0v) is 46.2. The van der Waals surface area contributed by atoms with Gasteiger partial charge in [-0.05, 0) is 45.3 Å². The third-order valence-electron chi connectivity index (χ3n) is 16.4. The molecule has 5 aliphatic heterocycles. The fourth-order valence-electron chi connectivity index (χ4n) is 11.5. The van der Waals surface area contributed by atoms with Gasteiger partial charge in [0.25, 0.3) is 11.7 Å². The second-order valence-electron chi connectivity index (χ2n) is 21.7. The molecule has 3 fully saturated rings. The van der Waals surface area contributed by atoms with E-state index in [9.17, 15) is 54.0 Å². The van der Waals surface area contributed by atoms with Crippen LogP contribution in [0.5, 0.6) is 11.5 Å². The number of aromatic nitrogens is 1. The maximum absolute atomic E-state index is 16.1. The molecule has 10 rings (SSSR count). The number of benzene rings is 2. The number of pyridine rings is 1. The van der Waals surface area contributed by atoms with Crippen molar-refractivity contribution in [1.29, 1.82) is 0 Å². The van der Waals surface area contributed by atoms with Gasteiger partial charge in [0.15, 0.2) is 0 Å². The van der Waals surface area contributed by atoms with Crippen molar-refractivity contribution in [2.24, 2.45) is 23.7 Å². The lowest BCUT2D eigenvalue weighted by Crippen LogP contribution is -2.48. The van der Waals surface area contributed by atoms with Crippen LogP contribution in [-0.4, -0.2) is 148 Å². The third kappa shape index (κ3) is 10.4. The molecule has 1 aromatic heterocycles. The van der Waals surface area contributed by atoms with Crippen LogP contribution in [0.4, 0.5) is 14.9 Å². The highest BCUT2D eigenvalue weighted by atomic mass is 35.5. The number of ketones is 3. The molecule has 6 N–H and O–H groups in total. The topological polar surface area (TPSA) is 282 Å². The highest BCUT2D eigenvalue weighted by Gasteiger charge is 2.53. The van der Waals surface area contributed by atoms with Crippen molar-refractivity contribution < 1.29 is 77.3 Å². The number of methoxy groups -OCH3 is 1. The quantitative estimate of drug-likeness (QED) is 0.161. The van der Waals surface area contributed by atoms with E-state index in [2.05, 4.69) is 10.6 Å². The molecule has 428 valence electrons. The summed E-state index contributed by atoms with van der Waals surface area (Å²) in [6.45, 7) is 11.7. The van der Waals surface area contributed by atoms with Crippen LogP contribution in [0.15, 0.2) is 64.6 Å². The zero-order chi connectivity index (χ0) is 58.0. The highest BCUT2D eigenvalue weighted by molar-refractivity contribution is 6.38. The number of hydrogen-bond acceptors (Lipinski definition) is 17. The molecule has 2 aliphatic carbocycles. The number of rotatable bonds is 7. The minimum absolute atomic E-state index is 0.0244. The van der Waals surface area contributed by atoms with E-state index < -0.39 is 135 Å². The monoisotopic (exact) mass is 1130 g/mol. The number of aromatic hydroxyl groups is 1. The summed E-state index contributed by atoms with van der Waals surface area (Å²) in [6.07, 6.45) is 4.48. The fraction of sp³-hybridized carbons (Fsp3) is 0.491. The third-order valence-corrected chi connectivity index (χ3v) is 16.7. The van der Waals surface area contributed by atoms with Crippen molar-refractivity contribution in [3.05, 3.63) is 109 Å². The number of anilines is 1. The number of halogens is 2. The Morgan fingerprint density at radius 3 is 2.27 bits per heavy atom. The first-order valence-corrected chi connectivity index (χ1v) is 27.0. The van der Waals surface area contributed by atoms with Gasteiger partial charge in [0.05, 0.1) is 82.1 Å². The number of phenols is 1. The van der Waals surface area contributed by atoms with Gasteiger partial charge in [-0.1, -0.05) is 57.5 Å². The number of aromatic carboxylic acids is 1. The van der Waals surface area contributed by atoms with Crippen LogP contribution in [0.2, 0.25) is 5.02 Å². The van der Waals surface area contributed by atoms with Gasteiger partial charge in [0, 0.05) is 87.3 Å². The second kappa shape index (κ2) is 22.4. The molecular formula is C57H65ClFN5O16. The first-order chi connectivity index (χ1) is 37.9. The Morgan fingerprint density at radius 1 is 0.912 bits per heavy atom. The van der Waals surface area contributed by atoms with Crippen molar-refractivity contribution in [3.63, 3.8) is 0 Å². The molecule has 6 heterocycles. The average Bonchev–Trinajstić information content (AvgIpc) is 4.30. The summed E-state index contributed by atoms with van der Waals surface area (Å²) >= 11 is 6.92. The lowest BCUT2D eigenvalue weighted by Gasteiger charge is -2.38. The van der Waals surface area contributed by atoms with Crippen LogP contribution in [0, 0.1) is 36.4 Å². The highest BCUT2D eigenvalue weighted by Crippen LogP contribution is 2.49. The predicted molar refractivity (Wildman–Crippen MR) is 287 cm³/mol. The van der Waals surface area contributed by atoms with Crippen molar-refractivity contribution in [2.45, 2.75) is 110 Å². The number of allylic oxidation sites excluding steroid dienone is 4. The van der Waals surface area contributed by atoms with Gasteiger partial charge in [-0.3, -0.25) is 24.0 Å². The number of alkyl carbamates (subject to hydrolysis) is 1. The van der Waals surface area contributed by atoms with E-state index in [1.54, 1.807) is 48.1 Å². The first kappa shape index (κ1) is 57.6. The number of amides is 2. The number of hydrogen-bond donors (Lipinski definition) is 6. The smallest absolute Gasteiger partial charge is 0.407 e. The molecule has 23 heteroatoms. The number of ether oxygens (including phenoxy) is 5. The normalized spacial score (nSPS) is 30.1. The lowest BCUT2D eigenvalue weighted by atomic mass is 9.78. The van der Waals surface area contributed by atoms with Gasteiger partial charge in [0.1, 0.15) is 40.4 Å². The Balaban J connectivity index is 1.02. The van der Waals surface area contributed by atoms with Gasteiger partial charge in [-0.2, -0.15) is 0 Å². The zero-order valence-electron chi connectivity index (χ0n) is 45.5. The Hall–Kier alpha value is -7.11. The average molecular weight is 1130 g/mol. The number of carboxylic acids is 1. The maximum atomic E-state index is 16.1. The Kier molecular flexibility index (Phi) is 16.1. The van der Waals surface area contributed by atoms with Crippen molar-refractivity contribution in [2.75, 3.05) is 51.4 Å². The molecule has 7 aliphatic rings. The molecule has 1 unspecified atom stereocenters. The predicted octanol–water partition coefficient (Wildman–Crippen LogP) is 5.87. The van der Waals surface area contributed by atoms with E-state index in [-0.39, 0.29) is 95.2 Å². The second-order valence-corrected chi connectivity index (χ2v) is 22.1. The molecule has 0 spiro atoms. The number of phenolic OH excluding ortho intramolecular Hbond substituents is 1. The number of fused-ring (bicyclic) bond motifs is 15. The summed E-state index contributed by atoms with van der Waals surface area (Å²) in [5.74, 6) is -12.0. The molecule has 1 saturated carbocycles. The molecular weight excluding hydrogens is 1070 g/mol. The molecule has 2 aromatic carbocycles. The first-order valence-electron chi connectivity index (χ1n) is 26.6. The van der Waals surface area contributed by atoms with Crippen molar-refractivity contribution >= 4 is 63.5 Å². The number of aliphatic hydroxyl groups excluding tert-OH is 2. The van der Waals surface area contributed by atoms with E-state index in [1.165, 1.54) is 52.3 Å². The van der Waals surface area contributed by atoms with Gasteiger partial charge < -0.3 is 69.1 Å². The van der Waals surface area contributed by atoms with Crippen LogP contribution in [0.25, 0.3) is 10.9 Å². The standard InChI is InChI=1S/C57H65ClFN5O16/c1-25-10-9-11-26(2)54(72)61-41-44(62-17-20-77-21-18-62)50(70)37-38(49(41)69)47(67)30(6)52-39(37)53(71)57(7,80-52)78-19-15-36(76-8)27(3)51(29(5)46(66)28(4)45(25)65)79-56(75)60-31-14-16-63(23-31)43-35(59)22-33-42(40(43)58)64(32-12-13-32)24-34(48(33)68)55(73)74/h9-11,15,19,22,24-25,27-29,31-32,36,45-46,51,65-67H,12-14,16-18,20-21,23H2,1-8H3,(H,60,75)(H,61,72)(H,73,74)/b10-9+,19-15+,26-11-/t25-,27+,28+,29+,31?,36-,45-,46+,51+,57-/m0/s1. The van der Waals surface area contributed by atoms with E-state index >= 15 is 4.39 Å². The number of nitrogens with one attached hydrogen (secondary N) is 2. The number of carbonyl (C=O) groups is 6. The van der Waals surface area contributed by atoms with Crippen molar-refractivity contribution in [1.82, 2.24) is 20.1 Å². The number of morpholine rings is 1. The number of nitrogens with zero attached hydrogens (tertiary/aromatic N) is 3. The summed E-state index contributed by atoms with van der Waals surface area (Å²) in [6, 6.07) is 0.230. The lowest BCUT2D eigenvalue weighted by molar-refractivity contribution is -0.116. The van der Waals surface area contributed by atoms with E-state index in [0.717, 1.165) is 12.3 Å². The van der Waals surface area contributed by atoms with Gasteiger partial charge >= 0.3 is 17.8 Å². The van der Waals surface area contributed by atoms with Crippen LogP contribution in [0.3, 0.4) is 0 Å². The number of aliphatic hydroxyl groups is 2. The minimum Gasteiger partial charge on any atom is -0.507 e. The molecule has 0 radical (unpaired) electrons. The molecule has 10 atom stereocenters. The largest absolute Gasteiger partial charge is 0.507 e. The van der Waals surface area contributed by atoms with Gasteiger partial charge in [-0.15, -0.1) is 0 Å². The van der Waals surface area contributed by atoms with Crippen molar-refractivity contribution in [3.8, 4) is 11.5 Å². The van der Waals surface area contributed by atoms with Crippen LogP contribution in [-0.2, 0) is 23.7 Å². The number of carboxylic acid groups (broad SMARTS) is 1. The Morgan fingerprint density at radius 2 is 1.61 bits per heavy atom. The fourth-order valence-corrected chi connectivity index (χ4v) is 11.9. The van der Waals surface area contributed by atoms with Gasteiger partial charge in [-0.25, -0.2) is 14.0 Å². The minimum atomic E-state index is -2.19. The van der Waals surface area contributed by atoms with Gasteiger partial charge in [0.2, 0.25) is 17.0 Å². The molecule has 2 amide bonds. The van der Waals surface area contributed by atoms with Crippen LogP contribution in [0.1, 0.15) is 114 Å². The summed E-state index contributed by atoms with van der Waals surface area (Å²) < 4.78 is 47.6. The summed E-state index contributed by atoms with van der Waals surface area (Å²) in [4.78, 5) is 101. The number of carbonyl (C=O) groups excluding carboxylic acids is 5. The number of Topliss-reactive ketones (excluding diaryl/α,β-unsaturated/α-hetero) is 3. The molecule has 2 saturated heterocycles.